The first-order valence-corrected chi connectivity index (χ1v) is 8.71. The van der Waals surface area contributed by atoms with Crippen LogP contribution in [0, 0.1) is 11.0 Å². The van der Waals surface area contributed by atoms with Crippen molar-refractivity contribution in [3.63, 3.8) is 0 Å². The second-order valence-electron chi connectivity index (χ2n) is 5.30. The van der Waals surface area contributed by atoms with E-state index in [-0.39, 0.29) is 16.2 Å². The zero-order chi connectivity index (χ0) is 18.0. The van der Waals surface area contributed by atoms with Crippen molar-refractivity contribution in [3.05, 3.63) is 77.6 Å². The SMILES string of the molecule is C/[N+]([O-])=C\c1cc(-c2ccccc2F)n(S(=O)(=O)c2cccnc2)c1. The third-order valence-electron chi connectivity index (χ3n) is 3.48. The van der Waals surface area contributed by atoms with Gasteiger partial charge in [0, 0.05) is 24.2 Å². The molecule has 0 saturated heterocycles. The number of hydroxylamine groups is 1. The highest BCUT2D eigenvalue weighted by molar-refractivity contribution is 7.90. The van der Waals surface area contributed by atoms with Crippen molar-refractivity contribution in [2.45, 2.75) is 4.90 Å². The third kappa shape index (κ3) is 3.29. The van der Waals surface area contributed by atoms with E-state index in [4.69, 9.17) is 0 Å². The summed E-state index contributed by atoms with van der Waals surface area (Å²) in [5.74, 6) is -0.565. The zero-order valence-corrected chi connectivity index (χ0v) is 14.0. The van der Waals surface area contributed by atoms with Gasteiger partial charge in [-0.1, -0.05) is 12.1 Å². The van der Waals surface area contributed by atoms with E-state index < -0.39 is 15.8 Å². The summed E-state index contributed by atoms with van der Waals surface area (Å²) >= 11 is 0. The van der Waals surface area contributed by atoms with Gasteiger partial charge in [0.15, 0.2) is 6.21 Å². The Balaban J connectivity index is 2.27. The van der Waals surface area contributed by atoms with Crippen LogP contribution in [0.1, 0.15) is 5.56 Å². The summed E-state index contributed by atoms with van der Waals surface area (Å²) < 4.78 is 41.6. The number of pyridine rings is 1. The number of halogens is 1. The first kappa shape index (κ1) is 16.8. The minimum atomic E-state index is -4.00. The maximum atomic E-state index is 14.2. The Morgan fingerprint density at radius 2 is 2.00 bits per heavy atom. The lowest BCUT2D eigenvalue weighted by molar-refractivity contribution is -0.416. The topological polar surface area (TPSA) is 78.0 Å². The number of hydrogen-bond donors (Lipinski definition) is 0. The normalized spacial score (nSPS) is 12.3. The van der Waals surface area contributed by atoms with Crippen molar-refractivity contribution >= 4 is 16.2 Å². The number of hydrogen-bond acceptors (Lipinski definition) is 4. The van der Waals surface area contributed by atoms with E-state index >= 15 is 0 Å². The van der Waals surface area contributed by atoms with Gasteiger partial charge >= 0.3 is 0 Å². The second kappa shape index (κ2) is 6.48. The molecule has 0 atom stereocenters. The average Bonchev–Trinajstić information content (AvgIpc) is 2.99. The molecule has 3 rings (SSSR count). The van der Waals surface area contributed by atoms with E-state index in [0.29, 0.717) is 10.3 Å². The quantitative estimate of drug-likeness (QED) is 0.310. The maximum Gasteiger partial charge on any atom is 0.269 e. The van der Waals surface area contributed by atoms with Crippen LogP contribution in [0.25, 0.3) is 11.3 Å². The van der Waals surface area contributed by atoms with Crippen molar-refractivity contribution in [1.82, 2.24) is 8.96 Å². The summed E-state index contributed by atoms with van der Waals surface area (Å²) in [4.78, 5) is 3.78. The van der Waals surface area contributed by atoms with Gasteiger partial charge in [-0.25, -0.2) is 21.5 Å². The zero-order valence-electron chi connectivity index (χ0n) is 13.2. The molecule has 25 heavy (non-hydrogen) atoms. The molecular formula is C17H14FN3O3S. The minimum Gasteiger partial charge on any atom is -0.624 e. The molecule has 1 aromatic carbocycles. The molecule has 2 aromatic heterocycles. The molecule has 0 fully saturated rings. The fraction of sp³-hybridized carbons (Fsp3) is 0.0588. The van der Waals surface area contributed by atoms with Gasteiger partial charge < -0.3 is 5.21 Å². The Labute approximate surface area is 144 Å². The van der Waals surface area contributed by atoms with Crippen LogP contribution < -0.4 is 0 Å². The molecule has 128 valence electrons. The van der Waals surface area contributed by atoms with Gasteiger partial charge in [-0.15, -0.1) is 0 Å². The Morgan fingerprint density at radius 1 is 1.24 bits per heavy atom. The van der Waals surface area contributed by atoms with Crippen molar-refractivity contribution in [1.29, 1.82) is 0 Å². The Morgan fingerprint density at radius 3 is 2.64 bits per heavy atom. The molecule has 0 unspecified atom stereocenters. The van der Waals surface area contributed by atoms with Gasteiger partial charge in [-0.2, -0.15) is 0 Å². The molecule has 6 nitrogen and oxygen atoms in total. The van der Waals surface area contributed by atoms with Crippen LogP contribution in [0.4, 0.5) is 4.39 Å². The van der Waals surface area contributed by atoms with Gasteiger partial charge in [-0.05, 0) is 30.3 Å². The number of aromatic nitrogens is 2. The Kier molecular flexibility index (Phi) is 4.37. The first-order valence-electron chi connectivity index (χ1n) is 7.27. The molecule has 0 aliphatic heterocycles. The van der Waals surface area contributed by atoms with Gasteiger partial charge in [0.1, 0.15) is 17.8 Å². The molecule has 0 bridgehead atoms. The van der Waals surface area contributed by atoms with E-state index in [1.807, 2.05) is 0 Å². The molecule has 0 amide bonds. The molecule has 2 heterocycles. The lowest BCUT2D eigenvalue weighted by Gasteiger charge is -2.10. The van der Waals surface area contributed by atoms with Crippen LogP contribution in [0.2, 0.25) is 0 Å². The molecule has 0 aliphatic rings. The number of benzene rings is 1. The van der Waals surface area contributed by atoms with E-state index in [2.05, 4.69) is 4.98 Å². The van der Waals surface area contributed by atoms with Crippen LogP contribution >= 0.6 is 0 Å². The molecular weight excluding hydrogens is 345 g/mol. The Bertz CT molecular complexity index is 1040. The standard InChI is InChI=1S/C17H14FN3O3S/c1-20(22)11-13-9-17(15-6-2-3-7-16(15)18)21(12-13)25(23,24)14-5-4-8-19-10-14/h2-12H,1H3/b20-11+. The first-order chi connectivity index (χ1) is 11.9. The van der Waals surface area contributed by atoms with Crippen molar-refractivity contribution in [2.24, 2.45) is 0 Å². The predicted molar refractivity (Wildman–Crippen MR) is 91.4 cm³/mol. The van der Waals surface area contributed by atoms with E-state index in [9.17, 15) is 18.0 Å². The summed E-state index contributed by atoms with van der Waals surface area (Å²) in [6.07, 6.45) is 5.15. The molecule has 0 aliphatic carbocycles. The molecule has 8 heteroatoms. The number of nitrogens with zero attached hydrogens (tertiary/aromatic N) is 3. The average molecular weight is 359 g/mol. The summed E-state index contributed by atoms with van der Waals surface area (Å²) in [6, 6.07) is 10.2. The van der Waals surface area contributed by atoms with Gasteiger partial charge in [-0.3, -0.25) is 4.98 Å². The van der Waals surface area contributed by atoms with Gasteiger partial charge in [0.05, 0.1) is 11.3 Å². The monoisotopic (exact) mass is 359 g/mol. The van der Waals surface area contributed by atoms with Crippen LogP contribution in [-0.4, -0.2) is 35.4 Å². The second-order valence-corrected chi connectivity index (χ2v) is 7.12. The van der Waals surface area contributed by atoms with Gasteiger partial charge in [0.2, 0.25) is 0 Å². The van der Waals surface area contributed by atoms with Crippen molar-refractivity contribution in [3.8, 4) is 11.3 Å². The maximum absolute atomic E-state index is 14.2. The lowest BCUT2D eigenvalue weighted by atomic mass is 10.1. The summed E-state index contributed by atoms with van der Waals surface area (Å²) in [7, 11) is -2.73. The highest BCUT2D eigenvalue weighted by atomic mass is 32.2. The minimum absolute atomic E-state index is 0.0368. The van der Waals surface area contributed by atoms with E-state index in [1.54, 1.807) is 6.07 Å². The van der Waals surface area contributed by atoms with Crippen molar-refractivity contribution < 1.29 is 17.5 Å². The molecule has 0 N–H and O–H groups in total. The van der Waals surface area contributed by atoms with Crippen LogP contribution in [0.3, 0.4) is 0 Å². The predicted octanol–water partition coefficient (Wildman–Crippen LogP) is 2.49. The summed E-state index contributed by atoms with van der Waals surface area (Å²) in [5.41, 5.74) is 0.571. The molecule has 3 aromatic rings. The fourth-order valence-corrected chi connectivity index (χ4v) is 3.76. The van der Waals surface area contributed by atoms with Crippen LogP contribution in [-0.2, 0) is 10.0 Å². The fourth-order valence-electron chi connectivity index (χ4n) is 2.42. The van der Waals surface area contributed by atoms with Gasteiger partial charge in [0.25, 0.3) is 10.0 Å². The highest BCUT2D eigenvalue weighted by Crippen LogP contribution is 2.28. The largest absolute Gasteiger partial charge is 0.624 e. The third-order valence-corrected chi connectivity index (χ3v) is 5.14. The Hall–Kier alpha value is -3.00. The number of rotatable bonds is 4. The van der Waals surface area contributed by atoms with E-state index in [0.717, 1.165) is 3.97 Å². The van der Waals surface area contributed by atoms with Crippen LogP contribution in [0.5, 0.6) is 0 Å². The van der Waals surface area contributed by atoms with Crippen molar-refractivity contribution in [2.75, 3.05) is 7.05 Å². The summed E-state index contributed by atoms with van der Waals surface area (Å²) in [5, 5.41) is 11.3. The molecule has 0 spiro atoms. The summed E-state index contributed by atoms with van der Waals surface area (Å²) in [6.45, 7) is 0. The molecule has 0 saturated carbocycles. The van der Waals surface area contributed by atoms with Crippen LogP contribution in [0.15, 0.2) is 66.0 Å². The smallest absolute Gasteiger partial charge is 0.269 e. The lowest BCUT2D eigenvalue weighted by Crippen LogP contribution is -2.13. The highest BCUT2D eigenvalue weighted by Gasteiger charge is 2.23. The van der Waals surface area contributed by atoms with E-state index in [1.165, 1.54) is 68.3 Å². The molecule has 0 radical (unpaired) electrons.